The van der Waals surface area contributed by atoms with Crippen molar-refractivity contribution in [2.75, 3.05) is 44.0 Å². The molecule has 0 unspecified atom stereocenters. The zero-order valence-electron chi connectivity index (χ0n) is 25.7. The van der Waals surface area contributed by atoms with E-state index in [1.807, 2.05) is 18.2 Å². The number of morpholine rings is 1. The zero-order chi connectivity index (χ0) is 32.8. The van der Waals surface area contributed by atoms with Crippen molar-refractivity contribution in [3.63, 3.8) is 0 Å². The second-order valence-corrected chi connectivity index (χ2v) is 11.1. The number of rotatable bonds is 9. The number of fused-ring (bicyclic) bond motifs is 1. The highest BCUT2D eigenvalue weighted by Gasteiger charge is 2.30. The molecule has 44 heavy (non-hydrogen) atoms. The smallest absolute Gasteiger partial charge is 0.430 e. The maximum absolute atomic E-state index is 13.6. The number of halogens is 3. The van der Waals surface area contributed by atoms with Crippen LogP contribution in [0.3, 0.4) is 0 Å². The van der Waals surface area contributed by atoms with Crippen molar-refractivity contribution in [3.8, 4) is 11.6 Å². The van der Waals surface area contributed by atoms with Crippen molar-refractivity contribution >= 4 is 29.0 Å². The molecule has 1 aliphatic rings. The van der Waals surface area contributed by atoms with Gasteiger partial charge in [-0.05, 0) is 40.6 Å². The van der Waals surface area contributed by atoms with Crippen LogP contribution in [0.1, 0.15) is 63.4 Å². The number of hydrogen-bond donors (Lipinski definition) is 1. The van der Waals surface area contributed by atoms with E-state index in [1.165, 1.54) is 4.52 Å². The molecule has 2 N–H and O–H groups in total. The molecule has 3 aromatic rings. The van der Waals surface area contributed by atoms with Gasteiger partial charge in [0.25, 0.3) is 5.88 Å². The molecule has 0 amide bonds. The van der Waals surface area contributed by atoms with Crippen LogP contribution in [0.5, 0.6) is 11.6 Å². The van der Waals surface area contributed by atoms with Gasteiger partial charge in [0.1, 0.15) is 17.8 Å². The minimum Gasteiger partial charge on any atom is -0.542 e. The number of ketones is 1. The third-order valence-corrected chi connectivity index (χ3v) is 6.97. The lowest BCUT2D eigenvalue weighted by Gasteiger charge is -2.33. The number of carbonyl (C=O) groups excluding carboxylic acids is 2. The number of aliphatic carboxylic acids is 1. The lowest BCUT2D eigenvalue weighted by Crippen LogP contribution is -2.41. The lowest BCUT2D eigenvalue weighted by molar-refractivity contribution is -0.714. The van der Waals surface area contributed by atoms with Crippen molar-refractivity contribution in [2.45, 2.75) is 71.7 Å². The van der Waals surface area contributed by atoms with Crippen LogP contribution < -0.4 is 29.9 Å². The van der Waals surface area contributed by atoms with Gasteiger partial charge in [0.15, 0.2) is 6.54 Å². The van der Waals surface area contributed by atoms with Crippen molar-refractivity contribution in [3.05, 3.63) is 35.4 Å². The van der Waals surface area contributed by atoms with E-state index in [9.17, 15) is 18.0 Å². The van der Waals surface area contributed by atoms with Crippen LogP contribution in [0, 0.1) is 0 Å². The van der Waals surface area contributed by atoms with E-state index in [-0.39, 0.29) is 29.8 Å². The van der Waals surface area contributed by atoms with E-state index in [0.717, 1.165) is 42.9 Å². The molecule has 0 bridgehead atoms. The van der Waals surface area contributed by atoms with Crippen LogP contribution in [0.25, 0.3) is 5.65 Å². The number of nitrogens with two attached hydrogens (primary N) is 1. The fourth-order valence-electron chi connectivity index (χ4n) is 4.60. The maximum Gasteiger partial charge on any atom is 0.430 e. The highest BCUT2D eigenvalue weighted by atomic mass is 19.4. The number of anilines is 2. The molecule has 0 saturated carbocycles. The van der Waals surface area contributed by atoms with Crippen molar-refractivity contribution in [2.24, 2.45) is 0 Å². The number of benzene rings is 1. The van der Waals surface area contributed by atoms with E-state index in [0.29, 0.717) is 30.3 Å². The van der Waals surface area contributed by atoms with Crippen LogP contribution >= 0.6 is 0 Å². The van der Waals surface area contributed by atoms with Gasteiger partial charge in [-0.1, -0.05) is 39.1 Å². The summed E-state index contributed by atoms with van der Waals surface area (Å²) in [6, 6.07) is 7.48. The highest BCUT2D eigenvalue weighted by Crippen LogP contribution is 2.40. The quantitative estimate of drug-likeness (QED) is 0.278. The molecular formula is C29H39F3N6O6. The molecular weight excluding hydrogens is 585 g/mol. The Kier molecular flexibility index (Phi) is 11.0. The number of Topliss-reactive ketones (excluding diaryl/α,β-unsaturated/α-hetero) is 1. The summed E-state index contributed by atoms with van der Waals surface area (Å²) in [5.41, 5.74) is 9.03. The van der Waals surface area contributed by atoms with Crippen LogP contribution in [0.4, 0.5) is 24.8 Å². The Morgan fingerprint density at radius 1 is 1.14 bits per heavy atom. The number of carbonyl (C=O) groups is 2. The van der Waals surface area contributed by atoms with Gasteiger partial charge in [-0.2, -0.15) is 13.2 Å². The Bertz CT molecular complexity index is 1460. The van der Waals surface area contributed by atoms with Gasteiger partial charge in [-0.3, -0.25) is 4.79 Å². The summed E-state index contributed by atoms with van der Waals surface area (Å²) in [7, 11) is 1.68. The van der Waals surface area contributed by atoms with Gasteiger partial charge < -0.3 is 34.7 Å². The second kappa shape index (κ2) is 14.1. The molecule has 4 rings (SSSR count). The molecule has 1 aromatic carbocycles. The topological polar surface area (TPSA) is 148 Å². The van der Waals surface area contributed by atoms with Crippen molar-refractivity contribution < 1.29 is 46.8 Å². The maximum atomic E-state index is 13.6. The van der Waals surface area contributed by atoms with Crippen molar-refractivity contribution in [1.29, 1.82) is 0 Å². The van der Waals surface area contributed by atoms with Gasteiger partial charge in [0.05, 0.1) is 26.0 Å². The molecule has 0 spiro atoms. The molecule has 1 saturated heterocycles. The Morgan fingerprint density at radius 3 is 2.27 bits per heavy atom. The molecule has 1 aliphatic heterocycles. The number of alkyl halides is 3. The summed E-state index contributed by atoms with van der Waals surface area (Å²) < 4.78 is 52.0. The van der Waals surface area contributed by atoms with Crippen LogP contribution in [-0.4, -0.2) is 72.2 Å². The molecule has 3 heterocycles. The predicted octanol–water partition coefficient (Wildman–Crippen LogP) is 2.49. The number of nitrogens with zero attached hydrogens (tertiary/aromatic N) is 5. The molecule has 1 fully saturated rings. The zero-order valence-corrected chi connectivity index (χ0v) is 25.7. The first kappa shape index (κ1) is 34.4. The number of nitrogen functional groups attached to an aromatic ring is 1. The average molecular weight is 625 g/mol. The largest absolute Gasteiger partial charge is 0.542 e. The number of carboxylic acids is 1. The molecule has 0 atom stereocenters. The van der Waals surface area contributed by atoms with Crippen LogP contribution in [0.2, 0.25) is 0 Å². The summed E-state index contributed by atoms with van der Waals surface area (Å²) >= 11 is 0. The molecule has 12 nitrogen and oxygen atoms in total. The second-order valence-electron chi connectivity index (χ2n) is 11.1. The van der Waals surface area contributed by atoms with Gasteiger partial charge in [0, 0.05) is 36.3 Å². The van der Waals surface area contributed by atoms with Gasteiger partial charge >= 0.3 is 17.8 Å². The summed E-state index contributed by atoms with van der Waals surface area (Å²) in [4.78, 5) is 24.6. The van der Waals surface area contributed by atoms with Gasteiger partial charge in [-0.15, -0.1) is 4.68 Å². The Balaban J connectivity index is 0.000000676. The van der Waals surface area contributed by atoms with Gasteiger partial charge in [0.2, 0.25) is 5.78 Å². The summed E-state index contributed by atoms with van der Waals surface area (Å²) in [6.07, 6.45) is -3.35. The summed E-state index contributed by atoms with van der Waals surface area (Å²) in [5, 5.41) is 17.7. The number of carboxylic acid groups (broad SMARTS) is 1. The predicted molar refractivity (Wildman–Crippen MR) is 153 cm³/mol. The standard InChI is InChI=1S/C27H39N6O4.C2HF3O2/c1-7-19(8-2)37-23-9-10-24-32(30-26(28)33(24)29-23)17-22(34)18-15-20(27(3,4)5)25(35-6)21(16-18)31-11-13-36-14-12-31;3-2(4,5)1(6)7/h9-10,15-16,19H,7-8,11-14,17H2,1-6H3,(H2,28,30);(H,6,7)/q+1;/p-1. The number of methoxy groups -OCH3 is 1. The number of aromatic nitrogens is 4. The lowest BCUT2D eigenvalue weighted by atomic mass is 9.84. The van der Waals surface area contributed by atoms with E-state index in [1.54, 1.807) is 17.9 Å². The summed E-state index contributed by atoms with van der Waals surface area (Å²) in [5.74, 6) is -1.62. The van der Waals surface area contributed by atoms with E-state index < -0.39 is 12.1 Å². The SMILES string of the molecule is CCC(CC)Oc1ccc2n(n1)c(N)n[n+]2CC(=O)c1cc(N2CCOCC2)c(OC)c(C(C)(C)C)c1.O=C([O-])C(F)(F)F. The number of ether oxygens (including phenoxy) is 3. The van der Waals surface area contributed by atoms with E-state index in [4.69, 9.17) is 29.8 Å². The fourth-order valence-corrected chi connectivity index (χ4v) is 4.60. The normalized spacial score (nSPS) is 13.9. The first-order valence-corrected chi connectivity index (χ1v) is 14.2. The fraction of sp³-hybridized carbons (Fsp3) is 0.552. The minimum absolute atomic E-state index is 0.0214. The van der Waals surface area contributed by atoms with Crippen molar-refractivity contribution in [1.82, 2.24) is 14.7 Å². The van der Waals surface area contributed by atoms with Crippen LogP contribution in [0.15, 0.2) is 24.3 Å². The van der Waals surface area contributed by atoms with E-state index in [2.05, 4.69) is 49.7 Å². The Morgan fingerprint density at radius 2 is 1.75 bits per heavy atom. The van der Waals surface area contributed by atoms with Crippen LogP contribution in [-0.2, 0) is 21.5 Å². The Hall–Kier alpha value is -4.14. The highest BCUT2D eigenvalue weighted by molar-refractivity contribution is 5.97. The van der Waals surface area contributed by atoms with Gasteiger partial charge in [-0.25, -0.2) is 0 Å². The third-order valence-electron chi connectivity index (χ3n) is 6.97. The molecule has 2 aromatic heterocycles. The first-order valence-electron chi connectivity index (χ1n) is 14.2. The monoisotopic (exact) mass is 624 g/mol. The third kappa shape index (κ3) is 8.27. The molecule has 0 radical (unpaired) electrons. The Labute approximate surface area is 253 Å². The van der Waals surface area contributed by atoms with E-state index >= 15 is 0 Å². The molecule has 15 heteroatoms. The molecule has 242 valence electrons. The average Bonchev–Trinajstić information content (AvgIpc) is 3.28. The summed E-state index contributed by atoms with van der Waals surface area (Å²) in [6.45, 7) is 13.3. The molecule has 0 aliphatic carbocycles. The first-order chi connectivity index (χ1) is 20.6. The number of hydrogen-bond acceptors (Lipinski definition) is 10. The minimum atomic E-state index is -5.19.